The number of aliphatic hydroxyl groups excluding tert-OH is 1. The van der Waals surface area contributed by atoms with Crippen LogP contribution >= 0.6 is 11.3 Å². The molecule has 1 unspecified atom stereocenters. The van der Waals surface area contributed by atoms with Crippen LogP contribution in [0.25, 0.3) is 5.76 Å². The summed E-state index contributed by atoms with van der Waals surface area (Å²) in [6.07, 6.45) is 0.842. The Bertz CT molecular complexity index is 1630. The molecule has 2 aliphatic heterocycles. The van der Waals surface area contributed by atoms with Crippen LogP contribution < -0.4 is 23.8 Å². The van der Waals surface area contributed by atoms with Crippen molar-refractivity contribution in [3.8, 4) is 23.0 Å². The zero-order valence-electron chi connectivity index (χ0n) is 25.2. The summed E-state index contributed by atoms with van der Waals surface area (Å²) in [6, 6.07) is 8.81. The number of aryl methyl sites for hydroxylation is 1. The monoisotopic (exact) mass is 622 g/mol. The number of esters is 1. The van der Waals surface area contributed by atoms with Crippen molar-refractivity contribution in [3.05, 3.63) is 63.7 Å². The Morgan fingerprint density at radius 2 is 1.84 bits per heavy atom. The molecule has 1 fully saturated rings. The zero-order chi connectivity index (χ0) is 31.5. The SMILES string of the molecule is CCOc1cc(C2C(=C(O)c3ccc4c(c3)OCCO4)C(=O)C(=O)N2c2nc(C)c(C(=O)OC)s2)ccc1OCCC(C)C. The highest BCUT2D eigenvalue weighted by atomic mass is 32.1. The lowest BCUT2D eigenvalue weighted by molar-refractivity contribution is -0.132. The smallest absolute Gasteiger partial charge is 0.350 e. The molecule has 0 aliphatic carbocycles. The summed E-state index contributed by atoms with van der Waals surface area (Å²) in [7, 11) is 1.25. The number of anilines is 1. The van der Waals surface area contributed by atoms with Crippen molar-refractivity contribution in [1.29, 1.82) is 0 Å². The Labute approximate surface area is 259 Å². The quantitative estimate of drug-likeness (QED) is 0.134. The molecule has 12 heteroatoms. The average Bonchev–Trinajstić information content (AvgIpc) is 3.52. The molecule has 0 bridgehead atoms. The van der Waals surface area contributed by atoms with Gasteiger partial charge in [-0.3, -0.25) is 14.5 Å². The largest absolute Gasteiger partial charge is 0.507 e. The van der Waals surface area contributed by atoms with E-state index in [1.165, 1.54) is 12.0 Å². The molecule has 0 spiro atoms. The van der Waals surface area contributed by atoms with Gasteiger partial charge in [0.1, 0.15) is 23.9 Å². The van der Waals surface area contributed by atoms with Gasteiger partial charge in [-0.1, -0.05) is 31.3 Å². The van der Waals surface area contributed by atoms with Crippen LogP contribution in [0.2, 0.25) is 0 Å². The standard InChI is InChI=1S/C32H34N2O9S/c1-6-40-23-15-19(7-9-21(23)41-12-11-17(2)3)26-25(27(35)20-8-10-22-24(16-20)43-14-13-42-22)28(36)30(37)34(26)32-33-18(4)29(44-32)31(38)39-5/h7-10,15-17,26,35H,6,11-14H2,1-5H3. The Morgan fingerprint density at radius 1 is 1.09 bits per heavy atom. The summed E-state index contributed by atoms with van der Waals surface area (Å²) in [5.41, 5.74) is 0.917. The summed E-state index contributed by atoms with van der Waals surface area (Å²) in [6.45, 7) is 9.21. The van der Waals surface area contributed by atoms with Crippen molar-refractivity contribution in [2.75, 3.05) is 38.4 Å². The predicted octanol–water partition coefficient (Wildman–Crippen LogP) is 5.46. The summed E-state index contributed by atoms with van der Waals surface area (Å²) in [4.78, 5) is 45.6. The first-order valence-corrected chi connectivity index (χ1v) is 15.1. The van der Waals surface area contributed by atoms with E-state index in [0.29, 0.717) is 66.6 Å². The number of aliphatic hydroxyl groups is 1. The number of ketones is 1. The van der Waals surface area contributed by atoms with E-state index in [2.05, 4.69) is 18.8 Å². The van der Waals surface area contributed by atoms with Crippen LogP contribution in [-0.4, -0.2) is 61.3 Å². The van der Waals surface area contributed by atoms with Crippen LogP contribution in [0.1, 0.15) is 59.7 Å². The summed E-state index contributed by atoms with van der Waals surface area (Å²) < 4.78 is 28.1. The van der Waals surface area contributed by atoms with Gasteiger partial charge in [0.15, 0.2) is 28.1 Å². The number of methoxy groups -OCH3 is 1. The second kappa shape index (κ2) is 13.0. The molecule has 3 heterocycles. The third kappa shape index (κ3) is 5.94. The molecular weight excluding hydrogens is 588 g/mol. The number of hydrogen-bond donors (Lipinski definition) is 1. The number of ether oxygens (including phenoxy) is 5. The van der Waals surface area contributed by atoms with Gasteiger partial charge in [-0.05, 0) is 62.1 Å². The Morgan fingerprint density at radius 3 is 2.55 bits per heavy atom. The van der Waals surface area contributed by atoms with Crippen LogP contribution in [0.5, 0.6) is 23.0 Å². The molecule has 2 aromatic carbocycles. The van der Waals surface area contributed by atoms with E-state index in [4.69, 9.17) is 23.7 Å². The molecule has 0 saturated carbocycles. The molecule has 1 saturated heterocycles. The second-order valence-electron chi connectivity index (χ2n) is 10.6. The van der Waals surface area contributed by atoms with E-state index >= 15 is 0 Å². The van der Waals surface area contributed by atoms with Crippen LogP contribution in [0.15, 0.2) is 42.0 Å². The third-order valence-corrected chi connectivity index (χ3v) is 8.30. The molecule has 1 amide bonds. The number of carbonyl (C=O) groups excluding carboxylic acids is 3. The Balaban J connectivity index is 1.66. The summed E-state index contributed by atoms with van der Waals surface area (Å²) in [5, 5.41) is 11.7. The van der Waals surface area contributed by atoms with Gasteiger partial charge in [0.25, 0.3) is 5.78 Å². The first-order valence-electron chi connectivity index (χ1n) is 14.3. The molecule has 0 radical (unpaired) electrons. The lowest BCUT2D eigenvalue weighted by atomic mass is 9.95. The van der Waals surface area contributed by atoms with Gasteiger partial charge >= 0.3 is 11.9 Å². The predicted molar refractivity (Wildman–Crippen MR) is 163 cm³/mol. The molecule has 1 atom stereocenters. The fourth-order valence-corrected chi connectivity index (χ4v) is 5.96. The topological polar surface area (TPSA) is 134 Å². The fraction of sp³-hybridized carbons (Fsp3) is 0.375. The average molecular weight is 623 g/mol. The van der Waals surface area contributed by atoms with Crippen LogP contribution in [-0.2, 0) is 14.3 Å². The molecular formula is C32H34N2O9S. The molecule has 1 aromatic heterocycles. The first-order chi connectivity index (χ1) is 21.1. The number of nitrogens with zero attached hydrogens (tertiary/aromatic N) is 2. The van der Waals surface area contributed by atoms with Gasteiger partial charge in [-0.15, -0.1) is 0 Å². The van der Waals surface area contributed by atoms with E-state index in [1.54, 1.807) is 43.3 Å². The molecule has 2 aliphatic rings. The number of amides is 1. The van der Waals surface area contributed by atoms with Crippen molar-refractivity contribution in [1.82, 2.24) is 4.98 Å². The van der Waals surface area contributed by atoms with E-state index < -0.39 is 29.5 Å². The van der Waals surface area contributed by atoms with Crippen molar-refractivity contribution in [2.24, 2.45) is 5.92 Å². The molecule has 1 N–H and O–H groups in total. The van der Waals surface area contributed by atoms with Crippen molar-refractivity contribution in [3.63, 3.8) is 0 Å². The van der Waals surface area contributed by atoms with E-state index in [9.17, 15) is 19.5 Å². The highest BCUT2D eigenvalue weighted by Gasteiger charge is 2.48. The molecule has 5 rings (SSSR count). The number of benzene rings is 2. The van der Waals surface area contributed by atoms with E-state index in [0.717, 1.165) is 17.8 Å². The zero-order valence-corrected chi connectivity index (χ0v) is 26.0. The van der Waals surface area contributed by atoms with Crippen LogP contribution in [0.4, 0.5) is 5.13 Å². The van der Waals surface area contributed by atoms with Crippen LogP contribution in [0.3, 0.4) is 0 Å². The van der Waals surface area contributed by atoms with E-state index in [1.807, 2.05) is 6.92 Å². The normalized spacial score (nSPS) is 17.2. The highest BCUT2D eigenvalue weighted by molar-refractivity contribution is 7.17. The molecule has 44 heavy (non-hydrogen) atoms. The lowest BCUT2D eigenvalue weighted by Crippen LogP contribution is -2.29. The maximum Gasteiger partial charge on any atom is 0.350 e. The minimum atomic E-state index is -1.11. The number of aromatic nitrogens is 1. The fourth-order valence-electron chi connectivity index (χ4n) is 4.95. The van der Waals surface area contributed by atoms with Gasteiger partial charge in [-0.25, -0.2) is 9.78 Å². The van der Waals surface area contributed by atoms with Crippen molar-refractivity contribution >= 4 is 39.9 Å². The number of carbonyl (C=O) groups is 3. The van der Waals surface area contributed by atoms with E-state index in [-0.39, 0.29) is 21.1 Å². The first kappa shape index (κ1) is 30.9. The Kier molecular flexibility index (Phi) is 9.09. The number of rotatable bonds is 10. The maximum absolute atomic E-state index is 13.7. The van der Waals surface area contributed by atoms with Gasteiger partial charge in [-0.2, -0.15) is 0 Å². The van der Waals surface area contributed by atoms with Gasteiger partial charge < -0.3 is 28.8 Å². The number of fused-ring (bicyclic) bond motifs is 1. The maximum atomic E-state index is 13.7. The summed E-state index contributed by atoms with van der Waals surface area (Å²) >= 11 is 0.924. The van der Waals surface area contributed by atoms with Gasteiger partial charge in [0, 0.05) is 5.56 Å². The van der Waals surface area contributed by atoms with Crippen molar-refractivity contribution < 1.29 is 43.2 Å². The van der Waals surface area contributed by atoms with Crippen molar-refractivity contribution in [2.45, 2.75) is 40.2 Å². The minimum absolute atomic E-state index is 0.103. The highest BCUT2D eigenvalue weighted by Crippen LogP contribution is 2.46. The molecule has 3 aromatic rings. The molecule has 232 valence electrons. The number of Topliss-reactive ketones (excluding diaryl/α,β-unsaturated/α-hetero) is 1. The summed E-state index contributed by atoms with van der Waals surface area (Å²) in [5.74, 6) is -0.538. The Hall–Kier alpha value is -4.58. The minimum Gasteiger partial charge on any atom is -0.507 e. The number of thiazole rings is 1. The van der Waals surface area contributed by atoms with Gasteiger partial charge in [0.05, 0.1) is 37.6 Å². The third-order valence-electron chi connectivity index (χ3n) is 7.16. The molecule has 11 nitrogen and oxygen atoms in total. The second-order valence-corrected chi connectivity index (χ2v) is 11.6. The van der Waals surface area contributed by atoms with Crippen LogP contribution in [0, 0.1) is 12.8 Å². The lowest BCUT2D eigenvalue weighted by Gasteiger charge is -2.24. The van der Waals surface area contributed by atoms with Gasteiger partial charge in [0.2, 0.25) is 0 Å². The number of hydrogen-bond acceptors (Lipinski definition) is 11.